The Morgan fingerprint density at radius 2 is 1.66 bits per heavy atom. The average Bonchev–Trinajstić information content (AvgIpc) is 2.84. The number of piperidine rings is 1. The van der Waals surface area contributed by atoms with Crippen molar-refractivity contribution in [1.82, 2.24) is 15.2 Å². The molecule has 0 radical (unpaired) electrons. The minimum atomic E-state index is -3.39. The lowest BCUT2D eigenvalue weighted by Gasteiger charge is -2.39. The maximum absolute atomic E-state index is 13.1. The molecule has 4 rings (SSSR count). The number of nitrogens with zero attached hydrogens (tertiary/aromatic N) is 2. The number of carbonyl (C=O) groups excluding carboxylic acids is 1. The summed E-state index contributed by atoms with van der Waals surface area (Å²) in [5.74, 6) is 0. The molecule has 0 aliphatic carbocycles. The quantitative estimate of drug-likeness (QED) is 0.690. The summed E-state index contributed by atoms with van der Waals surface area (Å²) in [6, 6.07) is 10.3. The van der Waals surface area contributed by atoms with Crippen LogP contribution in [-0.2, 0) is 21.1 Å². The number of benzene rings is 1. The summed E-state index contributed by atoms with van der Waals surface area (Å²) in [5.41, 5.74) is 1.49. The number of anilines is 1. The topological polar surface area (TPSA) is 101 Å². The van der Waals surface area contributed by atoms with Crippen LogP contribution in [0.2, 0.25) is 0 Å². The van der Waals surface area contributed by atoms with Crippen molar-refractivity contribution in [1.29, 1.82) is 0 Å². The third kappa shape index (κ3) is 5.65. The number of urea groups is 1. The first kappa shape index (κ1) is 22.7. The van der Waals surface area contributed by atoms with Gasteiger partial charge < -0.3 is 20.3 Å². The highest BCUT2D eigenvalue weighted by atomic mass is 32.2. The number of nitrogens with one attached hydrogen (secondary N) is 2. The molecule has 2 amide bonds. The second-order valence-electron chi connectivity index (χ2n) is 8.31. The van der Waals surface area contributed by atoms with E-state index in [1.165, 1.54) is 0 Å². The normalized spacial score (nSPS) is 18.9. The van der Waals surface area contributed by atoms with Gasteiger partial charge >= 0.3 is 6.03 Å². The van der Waals surface area contributed by atoms with Gasteiger partial charge in [0, 0.05) is 43.9 Å². The summed E-state index contributed by atoms with van der Waals surface area (Å²) in [4.78, 5) is 18.8. The summed E-state index contributed by atoms with van der Waals surface area (Å²) < 4.78 is 31.7. The molecule has 9 heteroatoms. The van der Waals surface area contributed by atoms with Crippen LogP contribution in [0.1, 0.15) is 31.2 Å². The van der Waals surface area contributed by atoms with E-state index in [1.54, 1.807) is 36.7 Å². The molecule has 2 aromatic rings. The fourth-order valence-corrected chi connectivity index (χ4v) is 6.11. The first-order valence-electron chi connectivity index (χ1n) is 11.1. The molecule has 172 valence electrons. The predicted octanol–water partition coefficient (Wildman–Crippen LogP) is 2.82. The molecule has 32 heavy (non-hydrogen) atoms. The van der Waals surface area contributed by atoms with Gasteiger partial charge in [-0.3, -0.25) is 4.98 Å². The van der Waals surface area contributed by atoms with E-state index in [2.05, 4.69) is 20.5 Å². The molecule has 8 nitrogen and oxygen atoms in total. The predicted molar refractivity (Wildman–Crippen MR) is 122 cm³/mol. The first-order valence-corrected chi connectivity index (χ1v) is 12.7. The molecule has 3 heterocycles. The number of amides is 2. The van der Waals surface area contributed by atoms with Crippen LogP contribution in [0.25, 0.3) is 0 Å². The minimum Gasteiger partial charge on any atom is -0.381 e. The van der Waals surface area contributed by atoms with Crippen molar-refractivity contribution in [2.24, 2.45) is 0 Å². The lowest BCUT2D eigenvalue weighted by Crippen LogP contribution is -2.46. The number of rotatable bonds is 6. The standard InChI is InChI=1S/C23H30N4O4S/c28-23(25-17-18-5-11-24-12-6-18)26-19-1-3-21(4-2-19)32(29,30)22-7-13-27(14-8-22)20-9-15-31-16-10-20/h1-6,11-12,20,22H,7-10,13-17H2,(H2,25,26,28). The zero-order valence-electron chi connectivity index (χ0n) is 18.1. The molecule has 1 aromatic carbocycles. The maximum atomic E-state index is 13.1. The minimum absolute atomic E-state index is 0.310. The number of sulfone groups is 1. The highest BCUT2D eigenvalue weighted by molar-refractivity contribution is 7.92. The van der Waals surface area contributed by atoms with Gasteiger partial charge in [-0.15, -0.1) is 0 Å². The molecule has 0 spiro atoms. The second-order valence-corrected chi connectivity index (χ2v) is 10.5. The largest absolute Gasteiger partial charge is 0.381 e. The third-order valence-corrected chi connectivity index (χ3v) is 8.54. The van der Waals surface area contributed by atoms with E-state index in [-0.39, 0.29) is 11.3 Å². The van der Waals surface area contributed by atoms with Crippen LogP contribution in [0, 0.1) is 0 Å². The van der Waals surface area contributed by atoms with E-state index in [0.717, 1.165) is 44.7 Å². The van der Waals surface area contributed by atoms with Gasteiger partial charge in [-0.2, -0.15) is 0 Å². The van der Waals surface area contributed by atoms with Gasteiger partial charge in [-0.1, -0.05) is 0 Å². The summed E-state index contributed by atoms with van der Waals surface area (Å²) in [5, 5.41) is 5.14. The zero-order chi connectivity index (χ0) is 22.4. The molecule has 0 saturated carbocycles. The number of likely N-dealkylation sites (tertiary alicyclic amines) is 1. The molecule has 0 atom stereocenters. The Balaban J connectivity index is 1.29. The summed E-state index contributed by atoms with van der Waals surface area (Å²) >= 11 is 0. The molecule has 2 aliphatic heterocycles. The van der Waals surface area contributed by atoms with Crippen LogP contribution in [0.4, 0.5) is 10.5 Å². The Labute approximate surface area is 189 Å². The number of ether oxygens (including phenoxy) is 1. The number of hydrogen-bond donors (Lipinski definition) is 2. The fraction of sp³-hybridized carbons (Fsp3) is 0.478. The van der Waals surface area contributed by atoms with Crippen molar-refractivity contribution in [3.05, 3.63) is 54.4 Å². The molecule has 0 bridgehead atoms. The second kappa shape index (κ2) is 10.4. The molecule has 2 N–H and O–H groups in total. The zero-order valence-corrected chi connectivity index (χ0v) is 18.9. The number of carbonyl (C=O) groups is 1. The molecule has 2 fully saturated rings. The van der Waals surface area contributed by atoms with Crippen molar-refractivity contribution in [3.63, 3.8) is 0 Å². The Morgan fingerprint density at radius 3 is 2.31 bits per heavy atom. The fourth-order valence-electron chi connectivity index (χ4n) is 4.38. The Morgan fingerprint density at radius 1 is 1.00 bits per heavy atom. The van der Waals surface area contributed by atoms with E-state index in [0.29, 0.717) is 36.0 Å². The SMILES string of the molecule is O=C(NCc1ccncc1)Nc1ccc(S(=O)(=O)C2CCN(C3CCOCC3)CC2)cc1. The lowest BCUT2D eigenvalue weighted by molar-refractivity contribution is 0.0277. The van der Waals surface area contributed by atoms with Crippen molar-refractivity contribution < 1.29 is 17.9 Å². The van der Waals surface area contributed by atoms with Crippen molar-refractivity contribution >= 4 is 21.6 Å². The van der Waals surface area contributed by atoms with Gasteiger partial charge in [0.2, 0.25) is 0 Å². The summed E-state index contributed by atoms with van der Waals surface area (Å²) in [6.45, 7) is 3.60. The molecular weight excluding hydrogens is 428 g/mol. The summed E-state index contributed by atoms with van der Waals surface area (Å²) in [7, 11) is -3.39. The highest BCUT2D eigenvalue weighted by Gasteiger charge is 2.33. The Bertz CT molecular complexity index is 984. The number of aromatic nitrogens is 1. The van der Waals surface area contributed by atoms with E-state index < -0.39 is 9.84 Å². The van der Waals surface area contributed by atoms with Crippen LogP contribution >= 0.6 is 0 Å². The van der Waals surface area contributed by atoms with Crippen LogP contribution in [0.3, 0.4) is 0 Å². The van der Waals surface area contributed by atoms with Gasteiger partial charge in [0.25, 0.3) is 0 Å². The van der Waals surface area contributed by atoms with Crippen molar-refractivity contribution in [2.45, 2.75) is 48.4 Å². The van der Waals surface area contributed by atoms with E-state index >= 15 is 0 Å². The van der Waals surface area contributed by atoms with Crippen LogP contribution in [0.5, 0.6) is 0 Å². The van der Waals surface area contributed by atoms with Gasteiger partial charge in [0.15, 0.2) is 9.84 Å². The van der Waals surface area contributed by atoms with Crippen molar-refractivity contribution in [2.75, 3.05) is 31.6 Å². The summed E-state index contributed by atoms with van der Waals surface area (Å²) in [6.07, 6.45) is 6.70. The number of pyridine rings is 1. The Hall–Kier alpha value is -2.49. The third-order valence-electron chi connectivity index (χ3n) is 6.27. The van der Waals surface area contributed by atoms with Crippen molar-refractivity contribution in [3.8, 4) is 0 Å². The van der Waals surface area contributed by atoms with Gasteiger partial charge in [0.1, 0.15) is 0 Å². The molecule has 2 saturated heterocycles. The van der Waals surface area contributed by atoms with Crippen LogP contribution < -0.4 is 10.6 Å². The first-order chi connectivity index (χ1) is 15.5. The highest BCUT2D eigenvalue weighted by Crippen LogP contribution is 2.28. The van der Waals surface area contributed by atoms with Gasteiger partial charge in [-0.25, -0.2) is 13.2 Å². The maximum Gasteiger partial charge on any atom is 0.319 e. The van der Waals surface area contributed by atoms with Crippen LogP contribution in [-0.4, -0.2) is 61.9 Å². The lowest BCUT2D eigenvalue weighted by atomic mass is 10.0. The number of hydrogen-bond acceptors (Lipinski definition) is 6. The molecule has 0 unspecified atom stereocenters. The van der Waals surface area contributed by atoms with E-state index in [9.17, 15) is 13.2 Å². The molecule has 2 aliphatic rings. The average molecular weight is 459 g/mol. The van der Waals surface area contributed by atoms with E-state index in [4.69, 9.17) is 4.74 Å². The van der Waals surface area contributed by atoms with Gasteiger partial charge in [-0.05, 0) is 80.7 Å². The monoisotopic (exact) mass is 458 g/mol. The van der Waals surface area contributed by atoms with Crippen LogP contribution in [0.15, 0.2) is 53.7 Å². The van der Waals surface area contributed by atoms with Gasteiger partial charge in [0.05, 0.1) is 10.1 Å². The smallest absolute Gasteiger partial charge is 0.319 e. The van der Waals surface area contributed by atoms with E-state index in [1.807, 2.05) is 12.1 Å². The molecule has 1 aromatic heterocycles. The molecular formula is C23H30N4O4S. The Kier molecular flexibility index (Phi) is 7.39.